The standard InChI is InChI=1S/C7H14F3NOS/c1-6(11)2-4-13-5-3-12-7(8,9)10/h6H,2-5,11H2,1H3. The molecule has 0 amide bonds. The molecule has 0 aliphatic carbocycles. The number of halogens is 3. The molecule has 0 bridgehead atoms. The minimum atomic E-state index is -4.50. The third-order valence-corrected chi connectivity index (χ3v) is 2.19. The molecule has 0 aliphatic heterocycles. The van der Waals surface area contributed by atoms with E-state index in [4.69, 9.17) is 5.73 Å². The highest BCUT2D eigenvalue weighted by atomic mass is 32.2. The predicted molar refractivity (Wildman–Crippen MR) is 47.6 cm³/mol. The van der Waals surface area contributed by atoms with Crippen molar-refractivity contribution in [2.24, 2.45) is 5.73 Å². The van der Waals surface area contributed by atoms with E-state index in [9.17, 15) is 13.2 Å². The number of ether oxygens (including phenoxy) is 1. The van der Waals surface area contributed by atoms with E-state index < -0.39 is 6.36 Å². The SMILES string of the molecule is CC(N)CCSCCOC(F)(F)F. The van der Waals surface area contributed by atoms with Crippen LogP contribution >= 0.6 is 11.8 Å². The Kier molecular flexibility index (Phi) is 6.53. The molecule has 0 radical (unpaired) electrons. The van der Waals surface area contributed by atoms with E-state index in [1.54, 1.807) is 0 Å². The van der Waals surface area contributed by atoms with Crippen LogP contribution in [0.25, 0.3) is 0 Å². The highest BCUT2D eigenvalue weighted by Gasteiger charge is 2.28. The number of rotatable bonds is 6. The molecule has 0 saturated heterocycles. The summed E-state index contributed by atoms with van der Waals surface area (Å²) in [4.78, 5) is 0. The first kappa shape index (κ1) is 13.1. The van der Waals surface area contributed by atoms with Gasteiger partial charge in [-0.15, -0.1) is 13.2 Å². The first-order valence-corrected chi connectivity index (χ1v) is 5.11. The smallest absolute Gasteiger partial charge is 0.328 e. The Labute approximate surface area is 80.0 Å². The summed E-state index contributed by atoms with van der Waals surface area (Å²) in [6.07, 6.45) is -3.68. The van der Waals surface area contributed by atoms with E-state index in [0.29, 0.717) is 5.75 Å². The Morgan fingerprint density at radius 3 is 2.46 bits per heavy atom. The Hall–Kier alpha value is 0.0600. The van der Waals surface area contributed by atoms with Crippen LogP contribution in [0.4, 0.5) is 13.2 Å². The van der Waals surface area contributed by atoms with Gasteiger partial charge >= 0.3 is 6.36 Å². The number of hydrogen-bond donors (Lipinski definition) is 1. The van der Waals surface area contributed by atoms with Crippen LogP contribution in [-0.4, -0.2) is 30.5 Å². The first-order chi connectivity index (χ1) is 5.92. The molecule has 0 aromatic carbocycles. The third-order valence-electron chi connectivity index (χ3n) is 1.21. The Morgan fingerprint density at radius 2 is 2.00 bits per heavy atom. The summed E-state index contributed by atoms with van der Waals surface area (Å²) in [5, 5.41) is 0. The summed E-state index contributed by atoms with van der Waals surface area (Å²) in [7, 11) is 0. The van der Waals surface area contributed by atoms with E-state index in [1.807, 2.05) is 6.92 Å². The van der Waals surface area contributed by atoms with Gasteiger partial charge < -0.3 is 5.73 Å². The predicted octanol–water partition coefficient (Wildman–Crippen LogP) is 1.99. The maximum absolute atomic E-state index is 11.4. The van der Waals surface area contributed by atoms with Gasteiger partial charge in [0, 0.05) is 11.8 Å². The van der Waals surface area contributed by atoms with Gasteiger partial charge in [-0.1, -0.05) is 0 Å². The van der Waals surface area contributed by atoms with Crippen LogP contribution in [0.1, 0.15) is 13.3 Å². The second-order valence-electron chi connectivity index (χ2n) is 2.67. The lowest BCUT2D eigenvalue weighted by molar-refractivity contribution is -0.322. The van der Waals surface area contributed by atoms with Gasteiger partial charge in [0.2, 0.25) is 0 Å². The second kappa shape index (κ2) is 6.50. The van der Waals surface area contributed by atoms with Gasteiger partial charge in [0.05, 0.1) is 6.61 Å². The molecule has 1 unspecified atom stereocenters. The summed E-state index contributed by atoms with van der Waals surface area (Å²) in [6.45, 7) is 1.58. The van der Waals surface area contributed by atoms with Crippen LogP contribution in [0.15, 0.2) is 0 Å². The highest BCUT2D eigenvalue weighted by molar-refractivity contribution is 7.99. The lowest BCUT2D eigenvalue weighted by Crippen LogP contribution is -2.17. The average molecular weight is 217 g/mol. The number of hydrogen-bond acceptors (Lipinski definition) is 3. The van der Waals surface area contributed by atoms with Crippen LogP contribution in [0.3, 0.4) is 0 Å². The van der Waals surface area contributed by atoms with Gasteiger partial charge in [0.15, 0.2) is 0 Å². The molecule has 0 rings (SSSR count). The summed E-state index contributed by atoms with van der Waals surface area (Å²) < 4.78 is 37.9. The van der Waals surface area contributed by atoms with Crippen molar-refractivity contribution < 1.29 is 17.9 Å². The van der Waals surface area contributed by atoms with Crippen LogP contribution in [0, 0.1) is 0 Å². The molecule has 0 aromatic rings. The summed E-state index contributed by atoms with van der Waals surface area (Å²) >= 11 is 1.42. The van der Waals surface area contributed by atoms with E-state index in [2.05, 4.69) is 4.74 Å². The van der Waals surface area contributed by atoms with Crippen LogP contribution < -0.4 is 5.73 Å². The third kappa shape index (κ3) is 12.1. The molecule has 6 heteroatoms. The molecule has 0 aliphatic rings. The molecule has 80 valence electrons. The maximum Gasteiger partial charge on any atom is 0.522 e. The van der Waals surface area contributed by atoms with Gasteiger partial charge in [-0.05, 0) is 19.1 Å². The molecule has 0 fully saturated rings. The van der Waals surface area contributed by atoms with Gasteiger partial charge in [0.1, 0.15) is 0 Å². The normalized spacial score (nSPS) is 14.5. The Morgan fingerprint density at radius 1 is 1.38 bits per heavy atom. The van der Waals surface area contributed by atoms with Crippen molar-refractivity contribution in [1.29, 1.82) is 0 Å². The molecule has 0 saturated carbocycles. The van der Waals surface area contributed by atoms with Crippen molar-refractivity contribution in [3.8, 4) is 0 Å². The highest BCUT2D eigenvalue weighted by Crippen LogP contribution is 2.16. The fourth-order valence-corrected chi connectivity index (χ4v) is 1.53. The zero-order valence-corrected chi connectivity index (χ0v) is 8.25. The monoisotopic (exact) mass is 217 g/mol. The largest absolute Gasteiger partial charge is 0.522 e. The molecule has 0 spiro atoms. The Bertz CT molecular complexity index is 129. The molecular weight excluding hydrogens is 203 g/mol. The van der Waals surface area contributed by atoms with Crippen molar-refractivity contribution in [2.45, 2.75) is 25.7 Å². The minimum Gasteiger partial charge on any atom is -0.328 e. The molecule has 0 heterocycles. The fourth-order valence-electron chi connectivity index (χ4n) is 0.588. The molecule has 2 N–H and O–H groups in total. The van der Waals surface area contributed by atoms with E-state index >= 15 is 0 Å². The number of alkyl halides is 3. The van der Waals surface area contributed by atoms with E-state index in [1.165, 1.54) is 11.8 Å². The van der Waals surface area contributed by atoms with Crippen LogP contribution in [0.5, 0.6) is 0 Å². The first-order valence-electron chi connectivity index (χ1n) is 3.96. The molecule has 2 nitrogen and oxygen atoms in total. The van der Waals surface area contributed by atoms with Crippen molar-refractivity contribution in [2.75, 3.05) is 18.1 Å². The Balaban J connectivity index is 3.09. The van der Waals surface area contributed by atoms with Crippen LogP contribution in [-0.2, 0) is 4.74 Å². The molecular formula is C7H14F3NOS. The van der Waals surface area contributed by atoms with Gasteiger partial charge in [-0.2, -0.15) is 11.8 Å². The minimum absolute atomic E-state index is 0.107. The quantitative estimate of drug-likeness (QED) is 0.691. The number of thioether (sulfide) groups is 1. The average Bonchev–Trinajstić information content (AvgIpc) is 1.93. The second-order valence-corrected chi connectivity index (χ2v) is 3.90. The van der Waals surface area contributed by atoms with E-state index in [0.717, 1.165) is 12.2 Å². The summed E-state index contributed by atoms with van der Waals surface area (Å²) in [5.41, 5.74) is 5.45. The van der Waals surface area contributed by atoms with Crippen molar-refractivity contribution >= 4 is 11.8 Å². The fraction of sp³-hybridized carbons (Fsp3) is 1.00. The zero-order valence-electron chi connectivity index (χ0n) is 7.43. The molecule has 0 aromatic heterocycles. The van der Waals surface area contributed by atoms with Crippen molar-refractivity contribution in [3.63, 3.8) is 0 Å². The molecule has 13 heavy (non-hydrogen) atoms. The topological polar surface area (TPSA) is 35.2 Å². The molecule has 1 atom stereocenters. The summed E-state index contributed by atoms with van der Waals surface area (Å²) in [5.74, 6) is 1.13. The van der Waals surface area contributed by atoms with Gasteiger partial charge in [-0.25, -0.2) is 0 Å². The van der Waals surface area contributed by atoms with Gasteiger partial charge in [-0.3, -0.25) is 4.74 Å². The van der Waals surface area contributed by atoms with Crippen molar-refractivity contribution in [3.05, 3.63) is 0 Å². The van der Waals surface area contributed by atoms with Gasteiger partial charge in [0.25, 0.3) is 0 Å². The van der Waals surface area contributed by atoms with Crippen LogP contribution in [0.2, 0.25) is 0 Å². The van der Waals surface area contributed by atoms with E-state index in [-0.39, 0.29) is 12.6 Å². The summed E-state index contributed by atoms with van der Waals surface area (Å²) in [6, 6.07) is 0.107. The zero-order chi connectivity index (χ0) is 10.3. The lowest BCUT2D eigenvalue weighted by atomic mass is 10.3. The lowest BCUT2D eigenvalue weighted by Gasteiger charge is -2.07. The maximum atomic E-state index is 11.4. The number of nitrogens with two attached hydrogens (primary N) is 1. The van der Waals surface area contributed by atoms with Crippen molar-refractivity contribution in [1.82, 2.24) is 0 Å².